The van der Waals surface area contributed by atoms with Gasteiger partial charge < -0.3 is 20.3 Å². The summed E-state index contributed by atoms with van der Waals surface area (Å²) in [6, 6.07) is 7.42. The standard InChI is InChI=1S/C19H31N3O2/c1-2-3-4-16-24-18-8-6-17(7-9-18)19(23)21-10-5-13-22-14-11-20-12-15-22/h6-9,20H,2-5,10-16H2,1H3,(H,21,23). The van der Waals surface area contributed by atoms with Gasteiger partial charge in [-0.05, 0) is 43.7 Å². The molecule has 5 heteroatoms. The normalized spacial score (nSPS) is 15.2. The molecular formula is C19H31N3O2. The number of amides is 1. The van der Waals surface area contributed by atoms with Crippen LogP contribution in [0.3, 0.4) is 0 Å². The minimum atomic E-state index is -0.00663. The fourth-order valence-corrected chi connectivity index (χ4v) is 2.79. The Kier molecular flexibility index (Phi) is 8.63. The smallest absolute Gasteiger partial charge is 0.251 e. The molecule has 5 nitrogen and oxygen atoms in total. The van der Waals surface area contributed by atoms with Crippen LogP contribution in [0.15, 0.2) is 24.3 Å². The average molecular weight is 333 g/mol. The Bertz CT molecular complexity index is 470. The summed E-state index contributed by atoms with van der Waals surface area (Å²) in [4.78, 5) is 14.6. The lowest BCUT2D eigenvalue weighted by molar-refractivity contribution is 0.0951. The maximum Gasteiger partial charge on any atom is 0.251 e. The summed E-state index contributed by atoms with van der Waals surface area (Å²) in [5.74, 6) is 0.828. The van der Waals surface area contributed by atoms with Gasteiger partial charge in [-0.1, -0.05) is 19.8 Å². The van der Waals surface area contributed by atoms with Gasteiger partial charge >= 0.3 is 0 Å². The van der Waals surface area contributed by atoms with Crippen molar-refractivity contribution < 1.29 is 9.53 Å². The van der Waals surface area contributed by atoms with Gasteiger partial charge in [0.1, 0.15) is 5.75 Å². The van der Waals surface area contributed by atoms with E-state index in [1.165, 1.54) is 12.8 Å². The van der Waals surface area contributed by atoms with E-state index in [1.54, 1.807) is 0 Å². The topological polar surface area (TPSA) is 53.6 Å². The van der Waals surface area contributed by atoms with E-state index in [0.29, 0.717) is 5.56 Å². The lowest BCUT2D eigenvalue weighted by atomic mass is 10.2. The molecule has 1 fully saturated rings. The largest absolute Gasteiger partial charge is 0.494 e. The second kappa shape index (κ2) is 11.0. The quantitative estimate of drug-likeness (QED) is 0.645. The van der Waals surface area contributed by atoms with Crippen LogP contribution in [0.4, 0.5) is 0 Å². The predicted octanol–water partition coefficient (Wildman–Crippen LogP) is 2.28. The fourth-order valence-electron chi connectivity index (χ4n) is 2.79. The molecule has 0 aliphatic carbocycles. The van der Waals surface area contributed by atoms with Crippen molar-refractivity contribution in [2.45, 2.75) is 32.6 Å². The summed E-state index contributed by atoms with van der Waals surface area (Å²) in [6.45, 7) is 9.03. The average Bonchev–Trinajstić information content (AvgIpc) is 2.63. The molecule has 1 saturated heterocycles. The van der Waals surface area contributed by atoms with E-state index in [0.717, 1.165) is 64.5 Å². The molecule has 1 heterocycles. The molecule has 2 rings (SSSR count). The summed E-state index contributed by atoms with van der Waals surface area (Å²) in [6.07, 6.45) is 4.45. The van der Waals surface area contributed by atoms with Crippen molar-refractivity contribution in [2.75, 3.05) is 45.9 Å². The van der Waals surface area contributed by atoms with Crippen LogP contribution in [0.1, 0.15) is 43.0 Å². The Hall–Kier alpha value is -1.59. The van der Waals surface area contributed by atoms with E-state index in [2.05, 4.69) is 22.5 Å². The van der Waals surface area contributed by atoms with Gasteiger partial charge in [-0.25, -0.2) is 0 Å². The van der Waals surface area contributed by atoms with E-state index < -0.39 is 0 Å². The lowest BCUT2D eigenvalue weighted by Crippen LogP contribution is -2.44. The number of unbranched alkanes of at least 4 members (excludes halogenated alkanes) is 2. The Morgan fingerprint density at radius 2 is 1.92 bits per heavy atom. The maximum atomic E-state index is 12.1. The van der Waals surface area contributed by atoms with Crippen molar-refractivity contribution in [1.29, 1.82) is 0 Å². The van der Waals surface area contributed by atoms with Gasteiger partial charge in [0, 0.05) is 38.3 Å². The van der Waals surface area contributed by atoms with Crippen molar-refractivity contribution in [2.24, 2.45) is 0 Å². The summed E-state index contributed by atoms with van der Waals surface area (Å²) in [5, 5.41) is 6.34. The molecular weight excluding hydrogens is 302 g/mol. The number of benzene rings is 1. The van der Waals surface area contributed by atoms with Gasteiger partial charge in [0.2, 0.25) is 0 Å². The lowest BCUT2D eigenvalue weighted by Gasteiger charge is -2.27. The molecule has 2 N–H and O–H groups in total. The molecule has 0 spiro atoms. The minimum absolute atomic E-state index is 0.00663. The summed E-state index contributed by atoms with van der Waals surface area (Å²) in [7, 11) is 0. The molecule has 24 heavy (non-hydrogen) atoms. The highest BCUT2D eigenvalue weighted by Gasteiger charge is 2.09. The van der Waals surface area contributed by atoms with Crippen molar-refractivity contribution >= 4 is 5.91 Å². The Labute approximate surface area is 145 Å². The van der Waals surface area contributed by atoms with Crippen LogP contribution in [0.5, 0.6) is 5.75 Å². The van der Waals surface area contributed by atoms with Crippen LogP contribution >= 0.6 is 0 Å². The molecule has 134 valence electrons. The highest BCUT2D eigenvalue weighted by molar-refractivity contribution is 5.94. The highest BCUT2D eigenvalue weighted by Crippen LogP contribution is 2.13. The molecule has 0 aromatic heterocycles. The van der Waals surface area contributed by atoms with Gasteiger partial charge in [-0.3, -0.25) is 4.79 Å². The molecule has 0 saturated carbocycles. The number of nitrogens with one attached hydrogen (secondary N) is 2. The third-order valence-electron chi connectivity index (χ3n) is 4.28. The number of piperazine rings is 1. The number of nitrogens with zero attached hydrogens (tertiary/aromatic N) is 1. The molecule has 1 aromatic rings. The monoisotopic (exact) mass is 333 g/mol. The van der Waals surface area contributed by atoms with Gasteiger partial charge in [-0.15, -0.1) is 0 Å². The van der Waals surface area contributed by atoms with Crippen molar-refractivity contribution in [3.63, 3.8) is 0 Å². The molecule has 0 bridgehead atoms. The molecule has 0 atom stereocenters. The number of carbonyl (C=O) groups is 1. The molecule has 0 unspecified atom stereocenters. The van der Waals surface area contributed by atoms with Crippen LogP contribution < -0.4 is 15.4 Å². The number of hydrogen-bond donors (Lipinski definition) is 2. The van der Waals surface area contributed by atoms with Crippen molar-refractivity contribution in [3.05, 3.63) is 29.8 Å². The first-order valence-electron chi connectivity index (χ1n) is 9.23. The van der Waals surface area contributed by atoms with E-state index in [-0.39, 0.29) is 5.91 Å². The zero-order chi connectivity index (χ0) is 17.0. The second-order valence-corrected chi connectivity index (χ2v) is 6.28. The van der Waals surface area contributed by atoms with Crippen LogP contribution in [0.2, 0.25) is 0 Å². The second-order valence-electron chi connectivity index (χ2n) is 6.28. The van der Waals surface area contributed by atoms with Gasteiger partial charge in [0.25, 0.3) is 5.91 Å². The third kappa shape index (κ3) is 6.89. The first-order valence-corrected chi connectivity index (χ1v) is 9.23. The van der Waals surface area contributed by atoms with Crippen LogP contribution in [-0.4, -0.2) is 56.7 Å². The molecule has 1 amide bonds. The number of ether oxygens (including phenoxy) is 1. The van der Waals surface area contributed by atoms with E-state index in [9.17, 15) is 4.79 Å². The van der Waals surface area contributed by atoms with Crippen LogP contribution in [-0.2, 0) is 0 Å². The summed E-state index contributed by atoms with van der Waals surface area (Å²) in [5.41, 5.74) is 0.693. The van der Waals surface area contributed by atoms with Gasteiger partial charge in [0.05, 0.1) is 6.61 Å². The maximum absolute atomic E-state index is 12.1. The Morgan fingerprint density at radius 3 is 2.62 bits per heavy atom. The number of carbonyl (C=O) groups excluding carboxylic acids is 1. The first-order chi connectivity index (χ1) is 11.8. The third-order valence-corrected chi connectivity index (χ3v) is 4.28. The SMILES string of the molecule is CCCCCOc1ccc(C(=O)NCCCN2CCNCC2)cc1. The molecule has 1 aromatic carbocycles. The van der Waals surface area contributed by atoms with E-state index >= 15 is 0 Å². The molecule has 1 aliphatic rings. The number of rotatable bonds is 10. The van der Waals surface area contributed by atoms with Crippen LogP contribution in [0.25, 0.3) is 0 Å². The predicted molar refractivity (Wildman–Crippen MR) is 97.7 cm³/mol. The van der Waals surface area contributed by atoms with Crippen LogP contribution in [0, 0.1) is 0 Å². The van der Waals surface area contributed by atoms with Gasteiger partial charge in [-0.2, -0.15) is 0 Å². The summed E-state index contributed by atoms with van der Waals surface area (Å²) >= 11 is 0. The zero-order valence-corrected chi connectivity index (χ0v) is 14.9. The molecule has 1 aliphatic heterocycles. The number of hydrogen-bond acceptors (Lipinski definition) is 4. The van der Waals surface area contributed by atoms with Crippen molar-refractivity contribution in [1.82, 2.24) is 15.5 Å². The Morgan fingerprint density at radius 1 is 1.17 bits per heavy atom. The molecule has 0 radical (unpaired) electrons. The first kappa shape index (κ1) is 18.7. The van der Waals surface area contributed by atoms with E-state index in [1.807, 2.05) is 24.3 Å². The van der Waals surface area contributed by atoms with Crippen molar-refractivity contribution in [3.8, 4) is 5.75 Å². The minimum Gasteiger partial charge on any atom is -0.494 e. The van der Waals surface area contributed by atoms with E-state index in [4.69, 9.17) is 4.74 Å². The highest BCUT2D eigenvalue weighted by atomic mass is 16.5. The summed E-state index contributed by atoms with van der Waals surface area (Å²) < 4.78 is 5.67. The zero-order valence-electron chi connectivity index (χ0n) is 14.9. The fraction of sp³-hybridized carbons (Fsp3) is 0.632. The van der Waals surface area contributed by atoms with Gasteiger partial charge in [0.15, 0.2) is 0 Å². The Balaban J connectivity index is 1.62.